The van der Waals surface area contributed by atoms with Crippen LogP contribution in [0.5, 0.6) is 5.75 Å². The van der Waals surface area contributed by atoms with E-state index < -0.39 is 22.5 Å². The van der Waals surface area contributed by atoms with E-state index in [-0.39, 0.29) is 11.6 Å². The SMILES string of the molecule is O=[N+]([O-])c1cc(Cl)cc(CNCC(O)CN2CCCC2)c1O. The standard InChI is InChI=1S/C14H20ClN3O4/c15-11-5-10(14(20)13(6-11)18(21)22)7-16-8-12(19)9-17-3-1-2-4-17/h5-6,12,16,19-20H,1-4,7-9H2. The molecule has 2 rings (SSSR count). The summed E-state index contributed by atoms with van der Waals surface area (Å²) in [6.45, 7) is 3.17. The number of aliphatic hydroxyl groups is 1. The average molecular weight is 330 g/mol. The number of hydrogen-bond donors (Lipinski definition) is 3. The molecule has 1 unspecified atom stereocenters. The third-order valence-corrected chi connectivity index (χ3v) is 3.91. The lowest BCUT2D eigenvalue weighted by molar-refractivity contribution is -0.385. The van der Waals surface area contributed by atoms with Crippen molar-refractivity contribution in [1.29, 1.82) is 0 Å². The van der Waals surface area contributed by atoms with Crippen molar-refractivity contribution in [2.24, 2.45) is 0 Å². The number of hydrogen-bond acceptors (Lipinski definition) is 6. The van der Waals surface area contributed by atoms with Crippen LogP contribution in [0.3, 0.4) is 0 Å². The van der Waals surface area contributed by atoms with Gasteiger partial charge >= 0.3 is 5.69 Å². The fourth-order valence-corrected chi connectivity index (χ4v) is 2.85. The van der Waals surface area contributed by atoms with E-state index in [1.165, 1.54) is 18.9 Å². The zero-order valence-electron chi connectivity index (χ0n) is 12.2. The Kier molecular flexibility index (Phi) is 5.96. The van der Waals surface area contributed by atoms with Gasteiger partial charge in [-0.1, -0.05) is 11.6 Å². The zero-order valence-corrected chi connectivity index (χ0v) is 12.9. The highest BCUT2D eigenvalue weighted by Crippen LogP contribution is 2.33. The lowest BCUT2D eigenvalue weighted by Gasteiger charge is -2.19. The van der Waals surface area contributed by atoms with E-state index in [1.807, 2.05) is 0 Å². The predicted octanol–water partition coefficient (Wildman–Crippen LogP) is 1.50. The molecule has 0 aromatic heterocycles. The second-order valence-electron chi connectivity index (χ2n) is 5.48. The van der Waals surface area contributed by atoms with Crippen LogP contribution in [0.25, 0.3) is 0 Å². The molecular formula is C14H20ClN3O4. The van der Waals surface area contributed by atoms with Crippen molar-refractivity contribution in [3.8, 4) is 5.75 Å². The molecule has 1 fully saturated rings. The van der Waals surface area contributed by atoms with Crippen LogP contribution < -0.4 is 5.32 Å². The molecule has 7 nitrogen and oxygen atoms in total. The monoisotopic (exact) mass is 329 g/mol. The van der Waals surface area contributed by atoms with Crippen molar-refractivity contribution in [3.05, 3.63) is 32.8 Å². The van der Waals surface area contributed by atoms with Gasteiger partial charge in [0.15, 0.2) is 5.75 Å². The van der Waals surface area contributed by atoms with Gasteiger partial charge in [-0.25, -0.2) is 0 Å². The molecule has 8 heteroatoms. The number of nitro groups is 1. The number of aliphatic hydroxyl groups excluding tert-OH is 1. The first-order valence-corrected chi connectivity index (χ1v) is 7.62. The number of phenolic OH excluding ortho intramolecular Hbond substituents is 1. The predicted molar refractivity (Wildman–Crippen MR) is 83.2 cm³/mol. The van der Waals surface area contributed by atoms with Crippen molar-refractivity contribution in [3.63, 3.8) is 0 Å². The van der Waals surface area contributed by atoms with Gasteiger partial charge in [0.1, 0.15) is 0 Å². The smallest absolute Gasteiger partial charge is 0.312 e. The molecule has 1 aromatic carbocycles. The highest BCUT2D eigenvalue weighted by molar-refractivity contribution is 6.31. The summed E-state index contributed by atoms with van der Waals surface area (Å²) in [5.74, 6) is -0.393. The summed E-state index contributed by atoms with van der Waals surface area (Å²) in [5.41, 5.74) is -0.0745. The molecular weight excluding hydrogens is 310 g/mol. The first-order chi connectivity index (χ1) is 10.5. The zero-order chi connectivity index (χ0) is 16.1. The molecule has 3 N–H and O–H groups in total. The quantitative estimate of drug-likeness (QED) is 0.518. The Morgan fingerprint density at radius 2 is 2.09 bits per heavy atom. The van der Waals surface area contributed by atoms with Crippen LogP contribution in [0, 0.1) is 10.1 Å². The van der Waals surface area contributed by atoms with E-state index in [0.717, 1.165) is 19.2 Å². The molecule has 1 aliphatic heterocycles. The summed E-state index contributed by atoms with van der Waals surface area (Å²) in [6, 6.07) is 2.59. The number of benzene rings is 1. The van der Waals surface area contributed by atoms with Gasteiger partial charge < -0.3 is 20.4 Å². The second kappa shape index (κ2) is 7.73. The normalized spacial score (nSPS) is 16.8. The van der Waals surface area contributed by atoms with Gasteiger partial charge in [-0.3, -0.25) is 10.1 Å². The Morgan fingerprint density at radius 1 is 1.41 bits per heavy atom. The number of rotatable bonds is 7. The van der Waals surface area contributed by atoms with Crippen LogP contribution in [0.2, 0.25) is 5.02 Å². The van der Waals surface area contributed by atoms with Crippen LogP contribution in [-0.2, 0) is 6.54 Å². The Morgan fingerprint density at radius 3 is 2.73 bits per heavy atom. The maximum Gasteiger partial charge on any atom is 0.312 e. The van der Waals surface area contributed by atoms with E-state index in [4.69, 9.17) is 11.6 Å². The Bertz CT molecular complexity index is 535. The molecule has 0 spiro atoms. The van der Waals surface area contributed by atoms with Crippen LogP contribution in [0.15, 0.2) is 12.1 Å². The number of aromatic hydroxyl groups is 1. The van der Waals surface area contributed by atoms with Crippen molar-refractivity contribution < 1.29 is 15.1 Å². The lowest BCUT2D eigenvalue weighted by Crippen LogP contribution is -2.36. The van der Waals surface area contributed by atoms with Gasteiger partial charge in [-0.15, -0.1) is 0 Å². The fraction of sp³-hybridized carbons (Fsp3) is 0.571. The number of nitrogens with one attached hydrogen (secondary N) is 1. The first-order valence-electron chi connectivity index (χ1n) is 7.24. The van der Waals surface area contributed by atoms with Gasteiger partial charge in [-0.05, 0) is 32.0 Å². The van der Waals surface area contributed by atoms with E-state index in [9.17, 15) is 20.3 Å². The Labute approximate surface area is 133 Å². The van der Waals surface area contributed by atoms with Gasteiger partial charge in [0.2, 0.25) is 0 Å². The third kappa shape index (κ3) is 4.54. The van der Waals surface area contributed by atoms with Crippen molar-refractivity contribution in [2.45, 2.75) is 25.5 Å². The minimum atomic E-state index is -0.674. The topological polar surface area (TPSA) is 98.9 Å². The molecule has 1 atom stereocenters. The van der Waals surface area contributed by atoms with E-state index >= 15 is 0 Å². The van der Waals surface area contributed by atoms with E-state index in [2.05, 4.69) is 10.2 Å². The summed E-state index contributed by atoms with van der Waals surface area (Å²) in [4.78, 5) is 12.4. The molecule has 1 aromatic rings. The maximum absolute atomic E-state index is 10.8. The van der Waals surface area contributed by atoms with Crippen LogP contribution in [0.1, 0.15) is 18.4 Å². The molecule has 22 heavy (non-hydrogen) atoms. The maximum atomic E-state index is 10.8. The number of nitro benzene ring substituents is 1. The molecule has 122 valence electrons. The van der Waals surface area contributed by atoms with E-state index in [1.54, 1.807) is 0 Å². The minimum Gasteiger partial charge on any atom is -0.502 e. The number of halogens is 1. The van der Waals surface area contributed by atoms with Crippen LogP contribution >= 0.6 is 11.6 Å². The second-order valence-corrected chi connectivity index (χ2v) is 5.92. The summed E-state index contributed by atoms with van der Waals surface area (Å²) >= 11 is 5.82. The van der Waals surface area contributed by atoms with Crippen LogP contribution in [-0.4, -0.2) is 52.3 Å². The number of likely N-dealkylation sites (tertiary alicyclic amines) is 1. The summed E-state index contributed by atoms with van der Waals surface area (Å²) < 4.78 is 0. The fourth-order valence-electron chi connectivity index (χ4n) is 2.62. The molecule has 1 heterocycles. The first kappa shape index (κ1) is 17.0. The molecule has 0 aliphatic carbocycles. The van der Waals surface area contributed by atoms with Crippen LogP contribution in [0.4, 0.5) is 5.69 Å². The molecule has 0 bridgehead atoms. The Balaban J connectivity index is 1.87. The van der Waals surface area contributed by atoms with Crippen molar-refractivity contribution in [1.82, 2.24) is 10.2 Å². The lowest BCUT2D eigenvalue weighted by atomic mass is 10.1. The summed E-state index contributed by atoms with van der Waals surface area (Å²) in [7, 11) is 0. The molecule has 1 aliphatic rings. The number of phenols is 1. The van der Waals surface area contributed by atoms with Gasteiger partial charge in [-0.2, -0.15) is 0 Å². The summed E-state index contributed by atoms with van der Waals surface area (Å²) in [6.07, 6.45) is 1.81. The summed E-state index contributed by atoms with van der Waals surface area (Å²) in [5, 5.41) is 33.8. The van der Waals surface area contributed by atoms with Gasteiger partial charge in [0, 0.05) is 36.3 Å². The number of nitrogens with zero attached hydrogens (tertiary/aromatic N) is 2. The largest absolute Gasteiger partial charge is 0.502 e. The molecule has 1 saturated heterocycles. The van der Waals surface area contributed by atoms with Gasteiger partial charge in [0.25, 0.3) is 0 Å². The number of β-amino-alcohol motifs (C(OH)–C–C–N with tert-alkyl or cyclic N) is 1. The van der Waals surface area contributed by atoms with Crippen molar-refractivity contribution >= 4 is 17.3 Å². The Hall–Kier alpha value is -1.41. The molecule has 0 saturated carbocycles. The highest BCUT2D eigenvalue weighted by Gasteiger charge is 2.19. The highest BCUT2D eigenvalue weighted by atomic mass is 35.5. The molecule has 0 amide bonds. The van der Waals surface area contributed by atoms with Gasteiger partial charge in [0.05, 0.1) is 11.0 Å². The third-order valence-electron chi connectivity index (χ3n) is 3.69. The van der Waals surface area contributed by atoms with Crippen molar-refractivity contribution in [2.75, 3.05) is 26.2 Å². The average Bonchev–Trinajstić information content (AvgIpc) is 2.94. The van der Waals surface area contributed by atoms with E-state index in [0.29, 0.717) is 18.7 Å². The molecule has 0 radical (unpaired) electrons. The minimum absolute atomic E-state index is 0.193.